The summed E-state index contributed by atoms with van der Waals surface area (Å²) in [6, 6.07) is 0. The van der Waals surface area contributed by atoms with Gasteiger partial charge in [-0.15, -0.1) is 15.3 Å². The van der Waals surface area contributed by atoms with Crippen molar-refractivity contribution in [1.29, 1.82) is 0 Å². The summed E-state index contributed by atoms with van der Waals surface area (Å²) in [4.78, 5) is 12.5. The first-order valence-corrected chi connectivity index (χ1v) is 6.64. The number of fused-ring (bicyclic) bond motifs is 1. The Hall–Kier alpha value is -1.54. The van der Waals surface area contributed by atoms with E-state index in [9.17, 15) is 4.79 Å². The third-order valence-electron chi connectivity index (χ3n) is 2.86. The van der Waals surface area contributed by atoms with Gasteiger partial charge in [-0.1, -0.05) is 11.3 Å². The Bertz CT molecular complexity index is 572. The van der Waals surface area contributed by atoms with Crippen molar-refractivity contribution in [3.63, 3.8) is 0 Å². The molecule has 3 heterocycles. The first-order valence-electron chi connectivity index (χ1n) is 5.82. The average Bonchev–Trinajstić information content (AvgIpc) is 3.05. The summed E-state index contributed by atoms with van der Waals surface area (Å²) in [5, 5.41) is 15.2. The molecule has 2 aromatic heterocycles. The molecular weight excluding hydrogens is 254 g/mol. The largest absolute Gasteiger partial charge is 0.376 e. The van der Waals surface area contributed by atoms with E-state index in [1.807, 2.05) is 0 Å². The quantitative estimate of drug-likeness (QED) is 0.870. The van der Waals surface area contributed by atoms with Gasteiger partial charge in [0.2, 0.25) is 9.97 Å². The van der Waals surface area contributed by atoms with Crippen molar-refractivity contribution >= 4 is 22.2 Å². The number of hydrogen-bond acceptors (Lipinski definition) is 6. The highest BCUT2D eigenvalue weighted by Gasteiger charge is 2.19. The first kappa shape index (κ1) is 11.5. The second-order valence-electron chi connectivity index (χ2n) is 4.19. The van der Waals surface area contributed by atoms with Crippen molar-refractivity contribution in [1.82, 2.24) is 25.1 Å². The molecule has 3 rings (SSSR count). The molecule has 1 unspecified atom stereocenters. The fraction of sp³-hybridized carbons (Fsp3) is 0.600. The topological polar surface area (TPSA) is 81.4 Å². The number of aromatic nitrogens is 4. The molecule has 0 spiro atoms. The lowest BCUT2D eigenvalue weighted by atomic mass is 10.2. The Balaban J connectivity index is 1.67. The molecule has 0 aromatic carbocycles. The predicted molar refractivity (Wildman–Crippen MR) is 64.7 cm³/mol. The van der Waals surface area contributed by atoms with E-state index in [1.165, 1.54) is 11.3 Å². The zero-order chi connectivity index (χ0) is 12.5. The van der Waals surface area contributed by atoms with Crippen LogP contribution in [0.3, 0.4) is 0 Å². The third kappa shape index (κ3) is 2.08. The van der Waals surface area contributed by atoms with Crippen LogP contribution in [-0.4, -0.2) is 45.0 Å². The van der Waals surface area contributed by atoms with Crippen LogP contribution in [0, 0.1) is 6.92 Å². The number of carbonyl (C=O) groups excluding carboxylic acids is 1. The Morgan fingerprint density at radius 1 is 1.61 bits per heavy atom. The van der Waals surface area contributed by atoms with Gasteiger partial charge >= 0.3 is 0 Å². The van der Waals surface area contributed by atoms with Gasteiger partial charge in [0.05, 0.1) is 6.10 Å². The van der Waals surface area contributed by atoms with Crippen LogP contribution in [0.15, 0.2) is 0 Å². The molecule has 1 aliphatic rings. The molecule has 1 saturated heterocycles. The monoisotopic (exact) mass is 267 g/mol. The van der Waals surface area contributed by atoms with Crippen LogP contribution in [0.25, 0.3) is 4.96 Å². The molecule has 2 aromatic rings. The number of ether oxygens (including phenoxy) is 1. The number of aryl methyl sites for hydroxylation is 1. The van der Waals surface area contributed by atoms with Crippen LogP contribution in [0.2, 0.25) is 0 Å². The highest BCUT2D eigenvalue weighted by atomic mass is 32.1. The maximum atomic E-state index is 11.9. The van der Waals surface area contributed by atoms with E-state index in [2.05, 4.69) is 20.6 Å². The number of amides is 1. The lowest BCUT2D eigenvalue weighted by Gasteiger charge is -2.08. The van der Waals surface area contributed by atoms with Crippen LogP contribution >= 0.6 is 11.3 Å². The van der Waals surface area contributed by atoms with E-state index < -0.39 is 0 Å². The van der Waals surface area contributed by atoms with E-state index in [0.717, 1.165) is 19.4 Å². The van der Waals surface area contributed by atoms with Gasteiger partial charge < -0.3 is 10.1 Å². The zero-order valence-electron chi connectivity index (χ0n) is 9.92. The summed E-state index contributed by atoms with van der Waals surface area (Å²) in [6.45, 7) is 3.13. The minimum absolute atomic E-state index is 0.140. The average molecular weight is 267 g/mol. The van der Waals surface area contributed by atoms with Crippen LogP contribution < -0.4 is 5.32 Å². The fourth-order valence-electron chi connectivity index (χ4n) is 1.89. The van der Waals surface area contributed by atoms with E-state index >= 15 is 0 Å². The Morgan fingerprint density at radius 3 is 3.22 bits per heavy atom. The van der Waals surface area contributed by atoms with Crippen molar-refractivity contribution in [2.24, 2.45) is 0 Å². The molecule has 1 N–H and O–H groups in total. The van der Waals surface area contributed by atoms with Crippen molar-refractivity contribution < 1.29 is 9.53 Å². The summed E-state index contributed by atoms with van der Waals surface area (Å²) in [6.07, 6.45) is 2.21. The fourth-order valence-corrected chi connectivity index (χ4v) is 2.70. The van der Waals surface area contributed by atoms with Gasteiger partial charge in [-0.2, -0.15) is 4.52 Å². The maximum Gasteiger partial charge on any atom is 0.282 e. The SMILES string of the molecule is Cc1nnc2sc(C(=O)NCC3CCCO3)nn12. The number of carbonyl (C=O) groups is 1. The van der Waals surface area contributed by atoms with Crippen molar-refractivity contribution in [3.05, 3.63) is 10.8 Å². The summed E-state index contributed by atoms with van der Waals surface area (Å²) in [5.74, 6) is 0.500. The lowest BCUT2D eigenvalue weighted by molar-refractivity contribution is 0.0856. The molecule has 7 nitrogen and oxygen atoms in total. The molecule has 1 amide bonds. The molecule has 0 bridgehead atoms. The Labute approximate surface area is 107 Å². The van der Waals surface area contributed by atoms with Gasteiger partial charge in [0.25, 0.3) is 5.91 Å². The Morgan fingerprint density at radius 2 is 2.50 bits per heavy atom. The van der Waals surface area contributed by atoms with Gasteiger partial charge in [0.1, 0.15) is 0 Å². The van der Waals surface area contributed by atoms with Gasteiger partial charge in [-0.25, -0.2) is 0 Å². The summed E-state index contributed by atoms with van der Waals surface area (Å²) in [7, 11) is 0. The Kier molecular flexibility index (Phi) is 2.96. The molecule has 18 heavy (non-hydrogen) atoms. The molecule has 0 saturated carbocycles. The van der Waals surface area contributed by atoms with Crippen molar-refractivity contribution in [3.8, 4) is 0 Å². The van der Waals surface area contributed by atoms with Crippen LogP contribution in [0.5, 0.6) is 0 Å². The molecule has 0 aliphatic carbocycles. The van der Waals surface area contributed by atoms with E-state index in [-0.39, 0.29) is 12.0 Å². The van der Waals surface area contributed by atoms with Gasteiger partial charge in [0, 0.05) is 13.2 Å². The van der Waals surface area contributed by atoms with Crippen molar-refractivity contribution in [2.75, 3.05) is 13.2 Å². The lowest BCUT2D eigenvalue weighted by Crippen LogP contribution is -2.31. The normalized spacial score (nSPS) is 19.5. The maximum absolute atomic E-state index is 11.9. The molecule has 8 heteroatoms. The van der Waals surface area contributed by atoms with E-state index in [1.54, 1.807) is 11.4 Å². The van der Waals surface area contributed by atoms with Gasteiger partial charge in [0.15, 0.2) is 5.82 Å². The highest BCUT2D eigenvalue weighted by molar-refractivity contribution is 7.18. The molecular formula is C10H13N5O2S. The summed E-state index contributed by atoms with van der Waals surface area (Å²) >= 11 is 1.23. The third-order valence-corrected chi connectivity index (χ3v) is 3.75. The molecule has 1 atom stereocenters. The van der Waals surface area contributed by atoms with Gasteiger partial charge in [-0.05, 0) is 19.8 Å². The molecule has 96 valence electrons. The first-order chi connectivity index (χ1) is 8.74. The minimum Gasteiger partial charge on any atom is -0.376 e. The number of rotatable bonds is 3. The predicted octanol–water partition coefficient (Wildman–Crippen LogP) is 0.403. The molecule has 1 fully saturated rings. The second kappa shape index (κ2) is 4.62. The highest BCUT2D eigenvalue weighted by Crippen LogP contribution is 2.14. The van der Waals surface area contributed by atoms with Gasteiger partial charge in [-0.3, -0.25) is 4.79 Å². The second-order valence-corrected chi connectivity index (χ2v) is 5.15. The van der Waals surface area contributed by atoms with Crippen molar-refractivity contribution in [2.45, 2.75) is 25.9 Å². The van der Waals surface area contributed by atoms with Crippen LogP contribution in [0.4, 0.5) is 0 Å². The van der Waals surface area contributed by atoms with Crippen LogP contribution in [0.1, 0.15) is 28.5 Å². The number of hydrogen-bond donors (Lipinski definition) is 1. The number of nitrogens with zero attached hydrogens (tertiary/aromatic N) is 4. The van der Waals surface area contributed by atoms with E-state index in [0.29, 0.717) is 22.3 Å². The standard InChI is InChI=1S/C10H13N5O2S/c1-6-12-13-10-15(6)14-9(18-10)8(16)11-5-7-3-2-4-17-7/h7H,2-5H2,1H3,(H,11,16). The van der Waals surface area contributed by atoms with Crippen LogP contribution in [-0.2, 0) is 4.74 Å². The molecule has 1 aliphatic heterocycles. The minimum atomic E-state index is -0.180. The summed E-state index contributed by atoms with van der Waals surface area (Å²) < 4.78 is 7.02. The summed E-state index contributed by atoms with van der Waals surface area (Å²) in [5.41, 5.74) is 0. The number of nitrogens with one attached hydrogen (secondary N) is 1. The molecule has 0 radical (unpaired) electrons. The zero-order valence-corrected chi connectivity index (χ0v) is 10.7. The van der Waals surface area contributed by atoms with E-state index in [4.69, 9.17) is 4.74 Å². The smallest absolute Gasteiger partial charge is 0.282 e.